The summed E-state index contributed by atoms with van der Waals surface area (Å²) in [7, 11) is 0. The Labute approximate surface area is 86.9 Å². The average Bonchev–Trinajstić information content (AvgIpc) is 2.42. The number of benzene rings is 1. The number of fused-ring (bicyclic) bond motifs is 1. The molecule has 0 unspecified atom stereocenters. The molecule has 2 rings (SSSR count). The first-order valence-corrected chi connectivity index (χ1v) is 4.95. The fourth-order valence-corrected chi connectivity index (χ4v) is 2.51. The Hall–Kier alpha value is -0.740. The maximum absolute atomic E-state index is 13.1. The normalized spacial score (nSPS) is 11.5. The Morgan fingerprint density at radius 1 is 1.29 bits per heavy atom. The molecule has 0 saturated heterocycles. The lowest BCUT2D eigenvalue weighted by Gasteiger charge is -1.97. The summed E-state index contributed by atoms with van der Waals surface area (Å²) in [5, 5.41) is -0.351. The monoisotopic (exact) mass is 236 g/mol. The zero-order valence-electron chi connectivity index (χ0n) is 6.73. The molecule has 14 heavy (non-hydrogen) atoms. The zero-order chi connectivity index (χ0) is 10.3. The van der Waals surface area contributed by atoms with Gasteiger partial charge < -0.3 is 0 Å². The predicted octanol–water partition coefficient (Wildman–Crippen LogP) is 4.63. The van der Waals surface area contributed by atoms with Gasteiger partial charge >= 0.3 is 0 Å². The zero-order valence-corrected chi connectivity index (χ0v) is 8.30. The minimum atomic E-state index is -2.80. The van der Waals surface area contributed by atoms with Crippen LogP contribution < -0.4 is 0 Å². The maximum Gasteiger partial charge on any atom is 0.268 e. The Bertz CT molecular complexity index is 478. The Morgan fingerprint density at radius 2 is 2.00 bits per heavy atom. The van der Waals surface area contributed by atoms with Crippen LogP contribution in [0.15, 0.2) is 18.2 Å². The summed E-state index contributed by atoms with van der Waals surface area (Å²) in [6, 6.07) is 4.53. The molecule has 0 atom stereocenters. The van der Waals surface area contributed by atoms with Crippen molar-refractivity contribution in [2.75, 3.05) is 0 Å². The standard InChI is InChI=1S/C9H4ClF3S/c10-5-3-1-2-4-6(8(11)12)9(13)14-7(4)5/h1-3,8H. The van der Waals surface area contributed by atoms with Gasteiger partial charge in [-0.2, -0.15) is 4.39 Å². The largest absolute Gasteiger partial charge is 0.268 e. The topological polar surface area (TPSA) is 0 Å². The molecule has 0 N–H and O–H groups in total. The third kappa shape index (κ3) is 1.38. The molecule has 0 nitrogen and oxygen atoms in total. The van der Waals surface area contributed by atoms with Crippen molar-refractivity contribution < 1.29 is 13.2 Å². The van der Waals surface area contributed by atoms with E-state index in [0.717, 1.165) is 0 Å². The molecule has 0 saturated carbocycles. The summed E-state index contributed by atoms with van der Waals surface area (Å²) in [5.41, 5.74) is -0.549. The first-order valence-electron chi connectivity index (χ1n) is 3.76. The van der Waals surface area contributed by atoms with Gasteiger partial charge in [0.2, 0.25) is 0 Å². The van der Waals surface area contributed by atoms with Crippen LogP contribution in [0.5, 0.6) is 0 Å². The van der Waals surface area contributed by atoms with Gasteiger partial charge in [-0.15, -0.1) is 11.3 Å². The maximum atomic E-state index is 13.1. The average molecular weight is 237 g/mol. The summed E-state index contributed by atoms with van der Waals surface area (Å²) in [4.78, 5) is 0. The van der Waals surface area contributed by atoms with Crippen molar-refractivity contribution in [2.45, 2.75) is 6.43 Å². The summed E-state index contributed by atoms with van der Waals surface area (Å²) < 4.78 is 38.4. The summed E-state index contributed by atoms with van der Waals surface area (Å²) in [6.45, 7) is 0. The van der Waals surface area contributed by atoms with Crippen LogP contribution in [0.2, 0.25) is 5.02 Å². The van der Waals surface area contributed by atoms with Crippen molar-refractivity contribution in [2.24, 2.45) is 0 Å². The minimum Gasteiger partial charge on any atom is -0.205 e. The summed E-state index contributed by atoms with van der Waals surface area (Å²) in [6.07, 6.45) is -2.80. The molecule has 0 aliphatic carbocycles. The van der Waals surface area contributed by atoms with Gasteiger partial charge in [-0.05, 0) is 6.07 Å². The fraction of sp³-hybridized carbons (Fsp3) is 0.111. The smallest absolute Gasteiger partial charge is 0.205 e. The van der Waals surface area contributed by atoms with Crippen LogP contribution in [0.3, 0.4) is 0 Å². The molecule has 74 valence electrons. The molecular formula is C9H4ClF3S. The number of alkyl halides is 2. The molecule has 5 heteroatoms. The van der Waals surface area contributed by atoms with Crippen molar-refractivity contribution in [1.82, 2.24) is 0 Å². The third-order valence-electron chi connectivity index (χ3n) is 1.88. The molecule has 0 amide bonds. The van der Waals surface area contributed by atoms with Crippen LogP contribution in [0, 0.1) is 5.13 Å². The van der Waals surface area contributed by atoms with Crippen molar-refractivity contribution in [3.63, 3.8) is 0 Å². The van der Waals surface area contributed by atoms with Crippen LogP contribution >= 0.6 is 22.9 Å². The van der Waals surface area contributed by atoms with Crippen molar-refractivity contribution in [3.05, 3.63) is 33.9 Å². The van der Waals surface area contributed by atoms with Gasteiger partial charge in [-0.3, -0.25) is 0 Å². The molecular weight excluding hydrogens is 233 g/mol. The van der Waals surface area contributed by atoms with Crippen LogP contribution in [0.25, 0.3) is 10.1 Å². The lowest BCUT2D eigenvalue weighted by molar-refractivity contribution is 0.149. The van der Waals surface area contributed by atoms with Gasteiger partial charge in [0.05, 0.1) is 15.3 Å². The SMILES string of the molecule is Fc1sc2c(Cl)cccc2c1C(F)F. The van der Waals surface area contributed by atoms with Crippen molar-refractivity contribution in [1.29, 1.82) is 0 Å². The first-order chi connectivity index (χ1) is 6.61. The molecule has 0 spiro atoms. The highest BCUT2D eigenvalue weighted by Crippen LogP contribution is 2.39. The van der Waals surface area contributed by atoms with Crippen LogP contribution in [-0.2, 0) is 0 Å². The van der Waals surface area contributed by atoms with Gasteiger partial charge in [0, 0.05) is 5.39 Å². The van der Waals surface area contributed by atoms with E-state index in [1.165, 1.54) is 12.1 Å². The van der Waals surface area contributed by atoms with Crippen LogP contribution in [-0.4, -0.2) is 0 Å². The predicted molar refractivity (Wildman–Crippen MR) is 51.8 cm³/mol. The molecule has 1 aromatic carbocycles. The lowest BCUT2D eigenvalue weighted by atomic mass is 10.2. The van der Waals surface area contributed by atoms with E-state index < -0.39 is 17.1 Å². The fourth-order valence-electron chi connectivity index (χ4n) is 1.28. The van der Waals surface area contributed by atoms with E-state index in [-0.39, 0.29) is 5.39 Å². The quantitative estimate of drug-likeness (QED) is 0.677. The van der Waals surface area contributed by atoms with Crippen LogP contribution in [0.4, 0.5) is 13.2 Å². The molecule has 1 heterocycles. The van der Waals surface area contributed by atoms with Gasteiger partial charge in [0.25, 0.3) is 6.43 Å². The second kappa shape index (κ2) is 3.44. The number of hydrogen-bond donors (Lipinski definition) is 0. The van der Waals surface area contributed by atoms with Gasteiger partial charge in [0.1, 0.15) is 0 Å². The summed E-state index contributed by atoms with van der Waals surface area (Å²) >= 11 is 6.40. The first kappa shape index (κ1) is 9.80. The molecule has 0 radical (unpaired) electrons. The Balaban J connectivity index is 2.83. The van der Waals surface area contributed by atoms with Crippen LogP contribution in [0.1, 0.15) is 12.0 Å². The second-order valence-corrected chi connectivity index (χ2v) is 4.08. The van der Waals surface area contributed by atoms with E-state index in [1.54, 1.807) is 6.07 Å². The number of thiophene rings is 1. The Morgan fingerprint density at radius 3 is 2.64 bits per heavy atom. The minimum absolute atomic E-state index is 0.204. The molecule has 0 aliphatic heterocycles. The van der Waals surface area contributed by atoms with Gasteiger partial charge in [0.15, 0.2) is 5.13 Å². The number of rotatable bonds is 1. The van der Waals surface area contributed by atoms with E-state index in [9.17, 15) is 13.2 Å². The third-order valence-corrected chi connectivity index (χ3v) is 3.35. The van der Waals surface area contributed by atoms with Crippen molar-refractivity contribution >= 4 is 33.0 Å². The summed E-state index contributed by atoms with van der Waals surface area (Å²) in [5.74, 6) is 0. The van der Waals surface area contributed by atoms with Gasteiger partial charge in [-0.25, -0.2) is 8.78 Å². The second-order valence-electron chi connectivity index (χ2n) is 2.71. The molecule has 0 fully saturated rings. The highest BCUT2D eigenvalue weighted by atomic mass is 35.5. The van der Waals surface area contributed by atoms with E-state index >= 15 is 0 Å². The van der Waals surface area contributed by atoms with Gasteiger partial charge in [-0.1, -0.05) is 23.7 Å². The van der Waals surface area contributed by atoms with E-state index in [2.05, 4.69) is 0 Å². The molecule has 2 aromatic rings. The lowest BCUT2D eigenvalue weighted by Crippen LogP contribution is -1.84. The highest BCUT2D eigenvalue weighted by molar-refractivity contribution is 7.18. The highest BCUT2D eigenvalue weighted by Gasteiger charge is 2.21. The van der Waals surface area contributed by atoms with E-state index in [0.29, 0.717) is 21.1 Å². The molecule has 0 bridgehead atoms. The molecule has 1 aromatic heterocycles. The molecule has 0 aliphatic rings. The number of hydrogen-bond acceptors (Lipinski definition) is 1. The van der Waals surface area contributed by atoms with E-state index in [1.807, 2.05) is 0 Å². The van der Waals surface area contributed by atoms with Crippen molar-refractivity contribution in [3.8, 4) is 0 Å². The van der Waals surface area contributed by atoms with E-state index in [4.69, 9.17) is 11.6 Å². The number of halogens is 4. The Kier molecular flexibility index (Phi) is 2.41.